The number of ether oxygens (including phenoxy) is 3. The molecule has 2 aromatic carbocycles. The molecule has 3 heterocycles. The highest BCUT2D eigenvalue weighted by Gasteiger charge is 2.22. The minimum Gasteiger partial charge on any atom is -0.493 e. The number of rotatable bonds is 4. The number of hydrogen-bond acceptors (Lipinski definition) is 6. The third kappa shape index (κ3) is 2.87. The van der Waals surface area contributed by atoms with E-state index in [1.807, 2.05) is 58.4 Å². The highest BCUT2D eigenvalue weighted by molar-refractivity contribution is 6.01. The topological polar surface area (TPSA) is 79.9 Å². The maximum atomic E-state index is 11.8. The molecule has 0 saturated carbocycles. The molecule has 3 aromatic heterocycles. The molecule has 0 spiro atoms. The van der Waals surface area contributed by atoms with Gasteiger partial charge in [0, 0.05) is 13.0 Å². The molecule has 0 aliphatic heterocycles. The molecule has 5 rings (SSSR count). The fraction of sp³-hybridized carbons (Fsp3) is 0.174. The lowest BCUT2D eigenvalue weighted by Crippen LogP contribution is -2.02. The van der Waals surface area contributed by atoms with E-state index in [2.05, 4.69) is 0 Å². The van der Waals surface area contributed by atoms with E-state index in [0.29, 0.717) is 33.9 Å². The largest absolute Gasteiger partial charge is 0.493 e. The number of hydrogen-bond donors (Lipinski definition) is 0. The number of fused-ring (bicyclic) bond motifs is 5. The highest BCUT2D eigenvalue weighted by atomic mass is 16.5. The number of aryl methyl sites for hydroxylation is 1. The molecule has 31 heavy (non-hydrogen) atoms. The van der Waals surface area contributed by atoms with Gasteiger partial charge in [-0.1, -0.05) is 12.1 Å². The first-order chi connectivity index (χ1) is 15.0. The number of para-hydroxylation sites is 2. The van der Waals surface area contributed by atoms with Gasteiger partial charge in [-0.25, -0.2) is 9.97 Å². The molecular formula is C23H20N4O4. The zero-order chi connectivity index (χ0) is 21.7. The monoisotopic (exact) mass is 416 g/mol. The number of methoxy groups -OCH3 is 2. The Kier molecular flexibility index (Phi) is 4.28. The van der Waals surface area contributed by atoms with Crippen molar-refractivity contribution in [3.63, 3.8) is 0 Å². The number of benzene rings is 2. The van der Waals surface area contributed by atoms with Crippen molar-refractivity contribution in [2.75, 3.05) is 14.2 Å². The lowest BCUT2D eigenvalue weighted by molar-refractivity contribution is -0.131. The van der Waals surface area contributed by atoms with E-state index >= 15 is 0 Å². The van der Waals surface area contributed by atoms with Gasteiger partial charge >= 0.3 is 5.97 Å². The SMILES string of the molecule is COc1ccc(-n2cc(OC(C)=O)c3c2nc(C)n2c4ccccc4nc32)cc1OC. The molecule has 0 saturated heterocycles. The van der Waals surface area contributed by atoms with Crippen LogP contribution in [0.3, 0.4) is 0 Å². The minimum absolute atomic E-state index is 0.394. The molecule has 156 valence electrons. The first kappa shape index (κ1) is 18.9. The zero-order valence-corrected chi connectivity index (χ0v) is 17.5. The van der Waals surface area contributed by atoms with Crippen LogP contribution in [-0.4, -0.2) is 39.1 Å². The normalized spacial score (nSPS) is 11.4. The lowest BCUT2D eigenvalue weighted by Gasteiger charge is -2.11. The van der Waals surface area contributed by atoms with Crippen molar-refractivity contribution in [3.05, 3.63) is 54.5 Å². The van der Waals surface area contributed by atoms with E-state index in [1.165, 1.54) is 6.92 Å². The first-order valence-electron chi connectivity index (χ1n) is 9.71. The van der Waals surface area contributed by atoms with E-state index in [0.717, 1.165) is 22.5 Å². The molecule has 0 fully saturated rings. The van der Waals surface area contributed by atoms with Gasteiger partial charge in [0.05, 0.1) is 37.1 Å². The van der Waals surface area contributed by atoms with Crippen LogP contribution in [0.15, 0.2) is 48.7 Å². The Hall–Kier alpha value is -4.07. The lowest BCUT2D eigenvalue weighted by atomic mass is 10.2. The van der Waals surface area contributed by atoms with Crippen LogP contribution in [0, 0.1) is 6.92 Å². The van der Waals surface area contributed by atoms with Crippen LogP contribution in [0.1, 0.15) is 12.7 Å². The number of imidazole rings is 1. The van der Waals surface area contributed by atoms with Crippen molar-refractivity contribution in [1.29, 1.82) is 0 Å². The summed E-state index contributed by atoms with van der Waals surface area (Å²) in [4.78, 5) is 21.5. The third-order valence-corrected chi connectivity index (χ3v) is 5.22. The highest BCUT2D eigenvalue weighted by Crippen LogP contribution is 2.37. The van der Waals surface area contributed by atoms with Crippen LogP contribution in [-0.2, 0) is 4.79 Å². The molecule has 0 bridgehead atoms. The predicted molar refractivity (Wildman–Crippen MR) is 116 cm³/mol. The van der Waals surface area contributed by atoms with E-state index in [1.54, 1.807) is 20.4 Å². The average Bonchev–Trinajstić information content (AvgIpc) is 3.31. The Bertz CT molecular complexity index is 1480. The summed E-state index contributed by atoms with van der Waals surface area (Å²) in [7, 11) is 3.17. The number of nitrogens with zero attached hydrogens (tertiary/aromatic N) is 4. The second-order valence-electron chi connectivity index (χ2n) is 7.11. The summed E-state index contributed by atoms with van der Waals surface area (Å²) >= 11 is 0. The summed E-state index contributed by atoms with van der Waals surface area (Å²) < 4.78 is 20.2. The summed E-state index contributed by atoms with van der Waals surface area (Å²) in [6, 6.07) is 13.4. The molecule has 0 aliphatic carbocycles. The van der Waals surface area contributed by atoms with Gasteiger partial charge in [-0.15, -0.1) is 0 Å². The average molecular weight is 416 g/mol. The standard InChI is InChI=1S/C23H20N4O4/c1-13-24-22-21(23-25-16-7-5-6-8-17(16)27(13)23)20(31-14(2)28)12-26(22)15-9-10-18(29-3)19(11-15)30-4/h5-12H,1-4H3. The Morgan fingerprint density at radius 3 is 2.45 bits per heavy atom. The second-order valence-corrected chi connectivity index (χ2v) is 7.11. The van der Waals surface area contributed by atoms with Crippen molar-refractivity contribution in [1.82, 2.24) is 18.9 Å². The summed E-state index contributed by atoms with van der Waals surface area (Å²) in [6.07, 6.45) is 1.75. The molecule has 0 atom stereocenters. The third-order valence-electron chi connectivity index (χ3n) is 5.22. The van der Waals surface area contributed by atoms with Crippen molar-refractivity contribution < 1.29 is 19.0 Å². The molecule has 0 unspecified atom stereocenters. The van der Waals surface area contributed by atoms with Gasteiger partial charge in [-0.2, -0.15) is 0 Å². The minimum atomic E-state index is -0.416. The summed E-state index contributed by atoms with van der Waals surface area (Å²) in [5.74, 6) is 1.95. The predicted octanol–water partition coefficient (Wildman–Crippen LogP) is 4.08. The van der Waals surface area contributed by atoms with Crippen LogP contribution < -0.4 is 14.2 Å². The molecule has 8 heteroatoms. The summed E-state index contributed by atoms with van der Waals surface area (Å²) in [6.45, 7) is 3.30. The Labute approximate surface area is 177 Å². The van der Waals surface area contributed by atoms with Gasteiger partial charge in [-0.3, -0.25) is 13.8 Å². The van der Waals surface area contributed by atoms with Gasteiger partial charge in [0.1, 0.15) is 11.2 Å². The van der Waals surface area contributed by atoms with Crippen LogP contribution in [0.5, 0.6) is 17.2 Å². The molecule has 8 nitrogen and oxygen atoms in total. The quantitative estimate of drug-likeness (QED) is 0.411. The number of carbonyl (C=O) groups excluding carboxylic acids is 1. The number of esters is 1. The maximum absolute atomic E-state index is 11.8. The molecule has 5 aromatic rings. The Morgan fingerprint density at radius 1 is 0.935 bits per heavy atom. The van der Waals surface area contributed by atoms with Gasteiger partial charge in [-0.05, 0) is 31.2 Å². The number of aromatic nitrogens is 4. The summed E-state index contributed by atoms with van der Waals surface area (Å²) in [5.41, 5.74) is 3.88. The molecular weight excluding hydrogens is 396 g/mol. The molecule has 0 amide bonds. The molecule has 0 aliphatic rings. The van der Waals surface area contributed by atoms with Gasteiger partial charge in [0.2, 0.25) is 0 Å². The molecule has 0 radical (unpaired) electrons. The van der Waals surface area contributed by atoms with Gasteiger partial charge in [0.25, 0.3) is 0 Å². The van der Waals surface area contributed by atoms with E-state index in [-0.39, 0.29) is 0 Å². The van der Waals surface area contributed by atoms with E-state index < -0.39 is 5.97 Å². The van der Waals surface area contributed by atoms with E-state index in [4.69, 9.17) is 24.2 Å². The van der Waals surface area contributed by atoms with E-state index in [9.17, 15) is 4.79 Å². The zero-order valence-electron chi connectivity index (χ0n) is 17.5. The fourth-order valence-electron chi connectivity index (χ4n) is 3.92. The van der Waals surface area contributed by atoms with Crippen LogP contribution in [0.4, 0.5) is 0 Å². The molecule has 0 N–H and O–H groups in total. The summed E-state index contributed by atoms with van der Waals surface area (Å²) in [5, 5.41) is 0.659. The van der Waals surface area contributed by atoms with Gasteiger partial charge < -0.3 is 14.2 Å². The second kappa shape index (κ2) is 7.02. The van der Waals surface area contributed by atoms with Crippen LogP contribution in [0.2, 0.25) is 0 Å². The Morgan fingerprint density at radius 2 is 1.71 bits per heavy atom. The Balaban J connectivity index is 1.88. The van der Waals surface area contributed by atoms with Gasteiger partial charge in [0.15, 0.2) is 28.5 Å². The maximum Gasteiger partial charge on any atom is 0.308 e. The van der Waals surface area contributed by atoms with Crippen molar-refractivity contribution in [2.24, 2.45) is 0 Å². The van der Waals surface area contributed by atoms with Crippen molar-refractivity contribution in [3.8, 4) is 22.9 Å². The van der Waals surface area contributed by atoms with Crippen LogP contribution >= 0.6 is 0 Å². The van der Waals surface area contributed by atoms with Crippen molar-refractivity contribution in [2.45, 2.75) is 13.8 Å². The first-order valence-corrected chi connectivity index (χ1v) is 9.71. The number of carbonyl (C=O) groups is 1. The van der Waals surface area contributed by atoms with Crippen LogP contribution in [0.25, 0.3) is 33.4 Å². The van der Waals surface area contributed by atoms with Crippen molar-refractivity contribution >= 4 is 33.7 Å². The smallest absolute Gasteiger partial charge is 0.308 e. The fourth-order valence-corrected chi connectivity index (χ4v) is 3.92.